The van der Waals surface area contributed by atoms with E-state index in [1.807, 2.05) is 0 Å². The number of rotatable bonds is 9. The Morgan fingerprint density at radius 2 is 1.82 bits per heavy atom. The van der Waals surface area contributed by atoms with E-state index in [-0.39, 0.29) is 0 Å². The molecular formula is C26H25ClN6O6. The maximum Gasteiger partial charge on any atom is 0.323 e. The SMILES string of the molecule is COCCOc1cc2ncnc(Nc3ccc(NC(=O)Nc4ccnc(OC)c4)c(Cl)c3)c2c2c1OCCO2. The molecule has 2 aromatic heterocycles. The second-order valence-electron chi connectivity index (χ2n) is 8.17. The summed E-state index contributed by atoms with van der Waals surface area (Å²) in [5, 5.41) is 9.65. The van der Waals surface area contributed by atoms with Crippen LogP contribution in [0, 0.1) is 0 Å². The lowest BCUT2D eigenvalue weighted by Gasteiger charge is -2.23. The van der Waals surface area contributed by atoms with Crippen LogP contribution in [-0.2, 0) is 4.74 Å². The van der Waals surface area contributed by atoms with Gasteiger partial charge in [-0.1, -0.05) is 11.6 Å². The van der Waals surface area contributed by atoms with Crippen LogP contribution in [0.1, 0.15) is 0 Å². The third kappa shape index (κ3) is 5.97. The molecule has 0 bridgehead atoms. The largest absolute Gasteiger partial charge is 0.487 e. The lowest BCUT2D eigenvalue weighted by molar-refractivity contribution is 0.134. The second-order valence-corrected chi connectivity index (χ2v) is 8.58. The van der Waals surface area contributed by atoms with Gasteiger partial charge in [0.05, 0.1) is 35.3 Å². The smallest absolute Gasteiger partial charge is 0.323 e. The minimum Gasteiger partial charge on any atom is -0.487 e. The molecule has 13 heteroatoms. The predicted molar refractivity (Wildman–Crippen MR) is 146 cm³/mol. The molecule has 12 nitrogen and oxygen atoms in total. The number of carbonyl (C=O) groups is 1. The Bertz CT molecular complexity index is 1500. The number of hydrogen-bond acceptors (Lipinski definition) is 10. The fourth-order valence-electron chi connectivity index (χ4n) is 3.86. The number of carbonyl (C=O) groups excluding carboxylic acids is 1. The van der Waals surface area contributed by atoms with Crippen molar-refractivity contribution in [1.29, 1.82) is 0 Å². The van der Waals surface area contributed by atoms with Crippen LogP contribution in [0.5, 0.6) is 23.1 Å². The van der Waals surface area contributed by atoms with Gasteiger partial charge in [0.15, 0.2) is 11.5 Å². The molecule has 1 aliphatic heterocycles. The lowest BCUT2D eigenvalue weighted by Crippen LogP contribution is -2.19. The molecule has 39 heavy (non-hydrogen) atoms. The zero-order valence-corrected chi connectivity index (χ0v) is 21.9. The van der Waals surface area contributed by atoms with Crippen LogP contribution in [0.15, 0.2) is 48.9 Å². The minimum absolute atomic E-state index is 0.316. The van der Waals surface area contributed by atoms with Crippen molar-refractivity contribution in [1.82, 2.24) is 15.0 Å². The molecule has 2 amide bonds. The highest BCUT2D eigenvalue weighted by Gasteiger charge is 2.24. The van der Waals surface area contributed by atoms with Crippen LogP contribution in [-0.4, -0.2) is 61.6 Å². The Hall–Kier alpha value is -4.55. The van der Waals surface area contributed by atoms with Crippen molar-refractivity contribution in [2.24, 2.45) is 0 Å². The van der Waals surface area contributed by atoms with Gasteiger partial charge in [-0.15, -0.1) is 0 Å². The molecule has 2 aromatic carbocycles. The van der Waals surface area contributed by atoms with Crippen molar-refractivity contribution < 1.29 is 28.5 Å². The van der Waals surface area contributed by atoms with Gasteiger partial charge >= 0.3 is 6.03 Å². The van der Waals surface area contributed by atoms with Crippen LogP contribution < -0.4 is 34.9 Å². The molecule has 0 spiro atoms. The number of nitrogens with one attached hydrogen (secondary N) is 3. The Morgan fingerprint density at radius 1 is 0.974 bits per heavy atom. The summed E-state index contributed by atoms with van der Waals surface area (Å²) in [6.45, 7) is 1.54. The highest BCUT2D eigenvalue weighted by molar-refractivity contribution is 6.34. The number of pyridine rings is 1. The normalized spacial score (nSPS) is 12.1. The van der Waals surface area contributed by atoms with Gasteiger partial charge in [-0.2, -0.15) is 0 Å². The minimum atomic E-state index is -0.472. The zero-order chi connectivity index (χ0) is 27.2. The van der Waals surface area contributed by atoms with Gasteiger partial charge in [-0.05, 0) is 24.3 Å². The quantitative estimate of drug-likeness (QED) is 0.246. The number of benzene rings is 2. The van der Waals surface area contributed by atoms with E-state index in [0.29, 0.717) is 88.4 Å². The molecule has 0 saturated heterocycles. The number of amides is 2. The van der Waals surface area contributed by atoms with Crippen molar-refractivity contribution >= 4 is 51.4 Å². The van der Waals surface area contributed by atoms with Crippen LogP contribution in [0.2, 0.25) is 5.02 Å². The van der Waals surface area contributed by atoms with Crippen LogP contribution in [0.3, 0.4) is 0 Å². The summed E-state index contributed by atoms with van der Waals surface area (Å²) in [5.74, 6) is 2.36. The van der Waals surface area contributed by atoms with E-state index >= 15 is 0 Å². The Labute approximate surface area is 228 Å². The van der Waals surface area contributed by atoms with Crippen LogP contribution >= 0.6 is 11.6 Å². The summed E-state index contributed by atoms with van der Waals surface area (Å²) < 4.78 is 27.8. The van der Waals surface area contributed by atoms with Gasteiger partial charge in [0.2, 0.25) is 11.6 Å². The monoisotopic (exact) mass is 552 g/mol. The molecule has 0 aliphatic carbocycles. The summed E-state index contributed by atoms with van der Waals surface area (Å²) in [5.41, 5.74) is 2.18. The summed E-state index contributed by atoms with van der Waals surface area (Å²) >= 11 is 6.49. The van der Waals surface area contributed by atoms with Crippen molar-refractivity contribution in [3.63, 3.8) is 0 Å². The van der Waals surface area contributed by atoms with Crippen molar-refractivity contribution in [2.75, 3.05) is 56.6 Å². The molecular weight excluding hydrogens is 528 g/mol. The van der Waals surface area contributed by atoms with Crippen LogP contribution in [0.4, 0.5) is 27.7 Å². The Kier molecular flexibility index (Phi) is 7.94. The number of anilines is 4. The van der Waals surface area contributed by atoms with E-state index < -0.39 is 6.03 Å². The van der Waals surface area contributed by atoms with Crippen molar-refractivity contribution in [3.8, 4) is 23.1 Å². The number of fused-ring (bicyclic) bond motifs is 3. The van der Waals surface area contributed by atoms with Gasteiger partial charge in [0.25, 0.3) is 0 Å². The fraction of sp³-hybridized carbons (Fsp3) is 0.231. The molecule has 4 aromatic rings. The molecule has 0 fully saturated rings. The van der Waals surface area contributed by atoms with Crippen molar-refractivity contribution in [3.05, 3.63) is 53.9 Å². The highest BCUT2D eigenvalue weighted by atomic mass is 35.5. The first-order chi connectivity index (χ1) is 19.1. The second kappa shape index (κ2) is 11.9. The van der Waals surface area contributed by atoms with Gasteiger partial charge in [0.1, 0.15) is 32.0 Å². The molecule has 0 atom stereocenters. The molecule has 0 saturated carbocycles. The van der Waals surface area contributed by atoms with Gasteiger partial charge in [-0.3, -0.25) is 0 Å². The number of aromatic nitrogens is 3. The summed E-state index contributed by atoms with van der Waals surface area (Å²) in [6.07, 6.45) is 2.97. The molecule has 0 unspecified atom stereocenters. The topological polar surface area (TPSA) is 138 Å². The first-order valence-corrected chi connectivity index (χ1v) is 12.3. The number of urea groups is 1. The fourth-order valence-corrected chi connectivity index (χ4v) is 4.09. The molecule has 3 heterocycles. The van der Waals surface area contributed by atoms with E-state index in [1.165, 1.54) is 19.6 Å². The number of ether oxygens (including phenoxy) is 5. The van der Waals surface area contributed by atoms with Crippen LogP contribution in [0.25, 0.3) is 10.9 Å². The number of hydrogen-bond donors (Lipinski definition) is 3. The molecule has 202 valence electrons. The van der Waals surface area contributed by atoms with E-state index in [9.17, 15) is 4.79 Å². The molecule has 0 radical (unpaired) electrons. The zero-order valence-electron chi connectivity index (χ0n) is 21.1. The van der Waals surface area contributed by atoms with Gasteiger partial charge in [0, 0.05) is 36.8 Å². The first kappa shape index (κ1) is 26.1. The van der Waals surface area contributed by atoms with E-state index in [0.717, 1.165) is 0 Å². The number of nitrogens with zero attached hydrogens (tertiary/aromatic N) is 3. The third-order valence-corrected chi connectivity index (χ3v) is 5.92. The van der Waals surface area contributed by atoms with E-state index in [4.69, 9.17) is 35.3 Å². The number of methoxy groups -OCH3 is 2. The average Bonchev–Trinajstić information content (AvgIpc) is 2.95. The summed E-state index contributed by atoms with van der Waals surface area (Å²) in [6, 6.07) is 9.66. The first-order valence-electron chi connectivity index (χ1n) is 11.9. The van der Waals surface area contributed by atoms with Gasteiger partial charge in [-0.25, -0.2) is 19.7 Å². The van der Waals surface area contributed by atoms with E-state index in [2.05, 4.69) is 30.9 Å². The Balaban J connectivity index is 1.36. The van der Waals surface area contributed by atoms with E-state index in [1.54, 1.807) is 43.5 Å². The maximum absolute atomic E-state index is 12.5. The van der Waals surface area contributed by atoms with Gasteiger partial charge < -0.3 is 39.6 Å². The summed E-state index contributed by atoms with van der Waals surface area (Å²) in [7, 11) is 3.10. The molecule has 1 aliphatic rings. The molecule has 5 rings (SSSR count). The average molecular weight is 553 g/mol. The van der Waals surface area contributed by atoms with Crippen molar-refractivity contribution in [2.45, 2.75) is 0 Å². The summed E-state index contributed by atoms with van der Waals surface area (Å²) in [4.78, 5) is 25.3. The maximum atomic E-state index is 12.5. The third-order valence-electron chi connectivity index (χ3n) is 5.60. The standard InChI is InChI=1S/C26H25ClN6O6/c1-35-7-8-37-20-13-19-22(24-23(20)38-9-10-39-24)25(30-14-29-19)31-15-3-4-18(17(27)11-15)33-26(34)32-16-5-6-28-21(12-16)36-2/h3-6,11-14H,7-10H2,1-2H3,(H,29,30,31)(H2,28,32,33,34). The molecule has 3 N–H and O–H groups in total. The lowest BCUT2D eigenvalue weighted by atomic mass is 10.1. The Morgan fingerprint density at radius 3 is 2.62 bits per heavy atom. The number of halogens is 1. The predicted octanol–water partition coefficient (Wildman–Crippen LogP) is 4.87. The highest BCUT2D eigenvalue weighted by Crippen LogP contribution is 2.47.